The summed E-state index contributed by atoms with van der Waals surface area (Å²) in [5.74, 6) is 1.37. The van der Waals surface area contributed by atoms with Gasteiger partial charge in [0.1, 0.15) is 4.32 Å². The standard InChI is InChI=1S/C18H23NO3S2/c1-4-6-10-22-14-8-7-13(11-15(14)21-3)12-16-17(20)19(9-5-2)18(23)24-16/h7-8,11-12H,4-6,9-10H2,1-3H3/b16-12+. The van der Waals surface area contributed by atoms with Crippen LogP contribution in [-0.2, 0) is 4.79 Å². The molecular formula is C18H23NO3S2. The van der Waals surface area contributed by atoms with Gasteiger partial charge in [-0.1, -0.05) is 50.3 Å². The topological polar surface area (TPSA) is 38.8 Å². The van der Waals surface area contributed by atoms with Gasteiger partial charge in [-0.2, -0.15) is 0 Å². The maximum Gasteiger partial charge on any atom is 0.266 e. The van der Waals surface area contributed by atoms with Gasteiger partial charge in [0.25, 0.3) is 5.91 Å². The Hall–Kier alpha value is -1.53. The van der Waals surface area contributed by atoms with Gasteiger partial charge in [0.2, 0.25) is 0 Å². The molecule has 0 bridgehead atoms. The van der Waals surface area contributed by atoms with Crippen molar-refractivity contribution in [3.05, 3.63) is 28.7 Å². The minimum atomic E-state index is -0.0194. The van der Waals surface area contributed by atoms with Crippen molar-refractivity contribution in [1.29, 1.82) is 0 Å². The molecule has 1 fully saturated rings. The van der Waals surface area contributed by atoms with Gasteiger partial charge in [-0.15, -0.1) is 0 Å². The number of hydrogen-bond acceptors (Lipinski definition) is 5. The summed E-state index contributed by atoms with van der Waals surface area (Å²) in [6, 6.07) is 5.69. The van der Waals surface area contributed by atoms with E-state index in [4.69, 9.17) is 21.7 Å². The highest BCUT2D eigenvalue weighted by Gasteiger charge is 2.31. The second-order valence-electron chi connectivity index (χ2n) is 5.45. The van der Waals surface area contributed by atoms with Crippen LogP contribution in [-0.4, -0.2) is 35.4 Å². The lowest BCUT2D eigenvalue weighted by Crippen LogP contribution is -2.28. The molecule has 1 aliphatic rings. The average Bonchev–Trinajstić information content (AvgIpc) is 2.84. The van der Waals surface area contributed by atoms with Crippen molar-refractivity contribution < 1.29 is 14.3 Å². The van der Waals surface area contributed by atoms with Crippen molar-refractivity contribution in [3.63, 3.8) is 0 Å². The van der Waals surface area contributed by atoms with Crippen LogP contribution < -0.4 is 9.47 Å². The van der Waals surface area contributed by atoms with Gasteiger partial charge in [-0.05, 0) is 36.6 Å². The number of benzene rings is 1. The van der Waals surface area contributed by atoms with Crippen molar-refractivity contribution >= 4 is 40.3 Å². The zero-order valence-electron chi connectivity index (χ0n) is 14.3. The number of nitrogens with zero attached hydrogens (tertiary/aromatic N) is 1. The zero-order chi connectivity index (χ0) is 17.5. The van der Waals surface area contributed by atoms with E-state index in [2.05, 4.69) is 6.92 Å². The lowest BCUT2D eigenvalue weighted by Gasteiger charge is -2.12. The number of ether oxygens (including phenoxy) is 2. The van der Waals surface area contributed by atoms with Crippen LogP contribution in [0.4, 0.5) is 0 Å². The summed E-state index contributed by atoms with van der Waals surface area (Å²) < 4.78 is 11.8. The molecule has 2 rings (SSSR count). The molecule has 0 saturated carbocycles. The van der Waals surface area contributed by atoms with Crippen LogP contribution in [0.25, 0.3) is 6.08 Å². The lowest BCUT2D eigenvalue weighted by atomic mass is 10.2. The van der Waals surface area contributed by atoms with Gasteiger partial charge in [-0.25, -0.2) is 0 Å². The summed E-state index contributed by atoms with van der Waals surface area (Å²) in [6.45, 7) is 5.49. The number of carbonyl (C=O) groups is 1. The number of thiocarbonyl (C=S) groups is 1. The highest BCUT2D eigenvalue weighted by molar-refractivity contribution is 8.26. The first-order chi connectivity index (χ1) is 11.6. The number of carbonyl (C=O) groups excluding carboxylic acids is 1. The number of unbranched alkanes of at least 4 members (excludes halogenated alkanes) is 1. The molecule has 0 N–H and O–H groups in total. The molecule has 0 spiro atoms. The van der Waals surface area contributed by atoms with Crippen molar-refractivity contribution in [2.45, 2.75) is 33.1 Å². The molecule has 1 aromatic rings. The van der Waals surface area contributed by atoms with E-state index in [1.807, 2.05) is 31.2 Å². The second-order valence-corrected chi connectivity index (χ2v) is 7.12. The molecule has 1 heterocycles. The zero-order valence-corrected chi connectivity index (χ0v) is 16.0. The molecule has 4 nitrogen and oxygen atoms in total. The van der Waals surface area contributed by atoms with Crippen molar-refractivity contribution in [1.82, 2.24) is 4.90 Å². The van der Waals surface area contributed by atoms with E-state index < -0.39 is 0 Å². The van der Waals surface area contributed by atoms with E-state index in [1.165, 1.54) is 11.8 Å². The molecule has 130 valence electrons. The Kier molecular flexibility index (Phi) is 7.12. The number of thioether (sulfide) groups is 1. The summed E-state index contributed by atoms with van der Waals surface area (Å²) in [5, 5.41) is 0. The molecular weight excluding hydrogens is 342 g/mol. The van der Waals surface area contributed by atoms with Crippen LogP contribution in [0.5, 0.6) is 11.5 Å². The Morgan fingerprint density at radius 2 is 2.04 bits per heavy atom. The maximum absolute atomic E-state index is 12.4. The third kappa shape index (κ3) is 4.51. The first-order valence-corrected chi connectivity index (χ1v) is 9.39. The fourth-order valence-electron chi connectivity index (χ4n) is 2.29. The van der Waals surface area contributed by atoms with Crippen molar-refractivity contribution in [2.24, 2.45) is 0 Å². The summed E-state index contributed by atoms with van der Waals surface area (Å²) >= 11 is 6.64. The van der Waals surface area contributed by atoms with Crippen molar-refractivity contribution in [2.75, 3.05) is 20.3 Å². The summed E-state index contributed by atoms with van der Waals surface area (Å²) in [5.41, 5.74) is 0.895. The van der Waals surface area contributed by atoms with E-state index in [0.29, 0.717) is 28.1 Å². The molecule has 6 heteroatoms. The highest BCUT2D eigenvalue weighted by Crippen LogP contribution is 2.34. The first kappa shape index (κ1) is 18.8. The summed E-state index contributed by atoms with van der Waals surface area (Å²) in [7, 11) is 1.62. The predicted octanol–water partition coefficient (Wildman–Crippen LogP) is 4.49. The van der Waals surface area contributed by atoms with Gasteiger partial charge in [-0.3, -0.25) is 9.69 Å². The van der Waals surface area contributed by atoms with Gasteiger partial charge >= 0.3 is 0 Å². The molecule has 24 heavy (non-hydrogen) atoms. The predicted molar refractivity (Wildman–Crippen MR) is 104 cm³/mol. The molecule has 1 aliphatic heterocycles. The fraction of sp³-hybridized carbons (Fsp3) is 0.444. The van der Waals surface area contributed by atoms with Crippen LogP contribution in [0.15, 0.2) is 23.1 Å². The van der Waals surface area contributed by atoms with E-state index in [1.54, 1.807) is 12.0 Å². The molecule has 0 unspecified atom stereocenters. The number of amides is 1. The third-order valence-electron chi connectivity index (χ3n) is 3.56. The van der Waals surface area contributed by atoms with Crippen LogP contribution in [0.3, 0.4) is 0 Å². The Morgan fingerprint density at radius 1 is 1.25 bits per heavy atom. The van der Waals surface area contributed by atoms with E-state index in [-0.39, 0.29) is 5.91 Å². The maximum atomic E-state index is 12.4. The molecule has 1 aromatic carbocycles. The molecule has 0 atom stereocenters. The lowest BCUT2D eigenvalue weighted by molar-refractivity contribution is -0.122. The second kappa shape index (κ2) is 9.08. The quantitative estimate of drug-likeness (QED) is 0.386. The third-order valence-corrected chi connectivity index (χ3v) is 4.94. The van der Waals surface area contributed by atoms with Crippen LogP contribution in [0, 0.1) is 0 Å². The van der Waals surface area contributed by atoms with Gasteiger partial charge < -0.3 is 9.47 Å². The monoisotopic (exact) mass is 365 g/mol. The Labute approximate surface area is 153 Å². The molecule has 1 saturated heterocycles. The minimum absolute atomic E-state index is 0.0194. The Bertz CT molecular complexity index is 643. The Morgan fingerprint density at radius 3 is 2.71 bits per heavy atom. The van der Waals surface area contributed by atoms with Gasteiger partial charge in [0, 0.05) is 6.54 Å². The van der Waals surface area contributed by atoms with E-state index in [9.17, 15) is 4.79 Å². The number of rotatable bonds is 8. The van der Waals surface area contributed by atoms with Gasteiger partial charge in [0.05, 0.1) is 18.6 Å². The molecule has 0 aliphatic carbocycles. The number of hydrogen-bond donors (Lipinski definition) is 0. The average molecular weight is 366 g/mol. The fourth-order valence-corrected chi connectivity index (χ4v) is 3.60. The largest absolute Gasteiger partial charge is 0.493 e. The Balaban J connectivity index is 2.17. The first-order valence-electron chi connectivity index (χ1n) is 8.16. The normalized spacial score (nSPS) is 16.1. The van der Waals surface area contributed by atoms with Crippen LogP contribution in [0.2, 0.25) is 0 Å². The summed E-state index contributed by atoms with van der Waals surface area (Å²) in [4.78, 5) is 14.7. The highest BCUT2D eigenvalue weighted by atomic mass is 32.2. The molecule has 0 aromatic heterocycles. The minimum Gasteiger partial charge on any atom is -0.493 e. The van der Waals surface area contributed by atoms with Crippen LogP contribution in [0.1, 0.15) is 38.7 Å². The van der Waals surface area contributed by atoms with Crippen molar-refractivity contribution in [3.8, 4) is 11.5 Å². The van der Waals surface area contributed by atoms with Crippen LogP contribution >= 0.6 is 24.0 Å². The molecule has 1 amide bonds. The SMILES string of the molecule is CCCCOc1ccc(/C=C2/SC(=S)N(CCC)C2=O)cc1OC. The molecule has 0 radical (unpaired) electrons. The smallest absolute Gasteiger partial charge is 0.266 e. The van der Waals surface area contributed by atoms with E-state index >= 15 is 0 Å². The van der Waals surface area contributed by atoms with E-state index in [0.717, 1.165) is 30.6 Å². The van der Waals surface area contributed by atoms with Gasteiger partial charge in [0.15, 0.2) is 11.5 Å². The summed E-state index contributed by atoms with van der Waals surface area (Å²) in [6.07, 6.45) is 4.83. The number of methoxy groups -OCH3 is 1.